The zero-order valence-corrected chi connectivity index (χ0v) is 17.0. The molecule has 1 heterocycles. The maximum Gasteiger partial charge on any atom is 0.316 e. The van der Waals surface area contributed by atoms with Crippen molar-refractivity contribution in [2.75, 3.05) is 37.7 Å². The first-order chi connectivity index (χ1) is 13.4. The van der Waals surface area contributed by atoms with E-state index in [1.807, 2.05) is 54.6 Å². The minimum atomic E-state index is -0.799. The molecule has 1 fully saturated rings. The lowest BCUT2D eigenvalue weighted by Gasteiger charge is -2.36. The van der Waals surface area contributed by atoms with Gasteiger partial charge in [0, 0.05) is 36.9 Å². The first-order valence-corrected chi connectivity index (χ1v) is 9.77. The van der Waals surface area contributed by atoms with E-state index in [-0.39, 0.29) is 12.5 Å². The van der Waals surface area contributed by atoms with Crippen molar-refractivity contribution in [3.8, 4) is 0 Å². The summed E-state index contributed by atoms with van der Waals surface area (Å²) in [7, 11) is 0. The molecule has 0 bridgehead atoms. The Morgan fingerprint density at radius 3 is 2.32 bits per heavy atom. The molecule has 1 amide bonds. The molecule has 0 unspecified atom stereocenters. The van der Waals surface area contributed by atoms with Gasteiger partial charge in [-0.15, -0.1) is 0 Å². The summed E-state index contributed by atoms with van der Waals surface area (Å²) >= 11 is 6.06. The van der Waals surface area contributed by atoms with Crippen LogP contribution in [0.5, 0.6) is 0 Å². The second-order valence-corrected chi connectivity index (χ2v) is 7.85. The maximum absolute atomic E-state index is 12.5. The van der Waals surface area contributed by atoms with Crippen LogP contribution >= 0.6 is 11.6 Å². The van der Waals surface area contributed by atoms with Gasteiger partial charge in [-0.1, -0.05) is 48.0 Å². The Labute approximate surface area is 170 Å². The summed E-state index contributed by atoms with van der Waals surface area (Å²) in [6, 6.07) is 17.1. The number of carbonyl (C=O) groups is 2. The van der Waals surface area contributed by atoms with Gasteiger partial charge in [-0.3, -0.25) is 9.59 Å². The number of amides is 1. The van der Waals surface area contributed by atoms with Gasteiger partial charge in [0.05, 0.1) is 5.41 Å². The van der Waals surface area contributed by atoms with Gasteiger partial charge in [0.2, 0.25) is 0 Å². The molecule has 28 heavy (non-hydrogen) atoms. The third kappa shape index (κ3) is 4.65. The number of piperazine rings is 1. The molecule has 0 atom stereocenters. The fourth-order valence-electron chi connectivity index (χ4n) is 3.26. The van der Waals surface area contributed by atoms with E-state index in [4.69, 9.17) is 16.3 Å². The molecule has 5 nitrogen and oxygen atoms in total. The predicted octanol–water partition coefficient (Wildman–Crippen LogP) is 3.51. The summed E-state index contributed by atoms with van der Waals surface area (Å²) in [4.78, 5) is 28.9. The minimum Gasteiger partial charge on any atom is -0.455 e. The predicted molar refractivity (Wildman–Crippen MR) is 111 cm³/mol. The van der Waals surface area contributed by atoms with Crippen LogP contribution in [-0.2, 0) is 19.7 Å². The number of ether oxygens (including phenoxy) is 1. The highest BCUT2D eigenvalue weighted by atomic mass is 35.5. The summed E-state index contributed by atoms with van der Waals surface area (Å²) in [6.07, 6.45) is 0. The van der Waals surface area contributed by atoms with Crippen molar-refractivity contribution in [3.63, 3.8) is 0 Å². The highest BCUT2D eigenvalue weighted by Crippen LogP contribution is 2.24. The Morgan fingerprint density at radius 1 is 1.00 bits per heavy atom. The number of esters is 1. The largest absolute Gasteiger partial charge is 0.455 e. The second-order valence-electron chi connectivity index (χ2n) is 7.41. The summed E-state index contributed by atoms with van der Waals surface area (Å²) in [5.74, 6) is -0.562. The van der Waals surface area contributed by atoms with E-state index in [0.29, 0.717) is 18.1 Å². The van der Waals surface area contributed by atoms with Crippen molar-refractivity contribution in [2.24, 2.45) is 0 Å². The molecule has 0 aromatic heterocycles. The maximum atomic E-state index is 12.5. The number of anilines is 1. The first-order valence-electron chi connectivity index (χ1n) is 9.39. The van der Waals surface area contributed by atoms with Crippen molar-refractivity contribution in [1.29, 1.82) is 0 Å². The molecule has 0 N–H and O–H groups in total. The molecular weight excluding hydrogens is 376 g/mol. The number of hydrogen-bond donors (Lipinski definition) is 0. The van der Waals surface area contributed by atoms with E-state index in [9.17, 15) is 9.59 Å². The SMILES string of the molecule is CC(C)(C(=O)OCC(=O)N1CCN(c2cccc(Cl)c2)CC1)c1ccccc1. The molecular formula is C22H25ClN2O3. The smallest absolute Gasteiger partial charge is 0.316 e. The van der Waals surface area contributed by atoms with E-state index in [0.717, 1.165) is 24.3 Å². The number of nitrogens with zero attached hydrogens (tertiary/aromatic N) is 2. The number of hydrogen-bond acceptors (Lipinski definition) is 4. The van der Waals surface area contributed by atoms with Gasteiger partial charge in [-0.05, 0) is 37.6 Å². The van der Waals surface area contributed by atoms with Crippen LogP contribution in [0.2, 0.25) is 5.02 Å². The Bertz CT molecular complexity index is 831. The van der Waals surface area contributed by atoms with Crippen LogP contribution in [0, 0.1) is 0 Å². The van der Waals surface area contributed by atoms with Crippen molar-refractivity contribution in [3.05, 3.63) is 65.2 Å². The molecule has 1 saturated heterocycles. The standard InChI is InChI=1S/C22H25ClN2O3/c1-22(2,17-7-4-3-5-8-17)21(27)28-16-20(26)25-13-11-24(12-14-25)19-10-6-9-18(23)15-19/h3-10,15H,11-14,16H2,1-2H3. The van der Waals surface area contributed by atoms with Crippen LogP contribution in [0.25, 0.3) is 0 Å². The van der Waals surface area contributed by atoms with Gasteiger partial charge < -0.3 is 14.5 Å². The average Bonchev–Trinajstić information content (AvgIpc) is 2.72. The average molecular weight is 401 g/mol. The molecule has 0 saturated carbocycles. The van der Waals surface area contributed by atoms with E-state index in [1.54, 1.807) is 18.7 Å². The molecule has 1 aliphatic rings. The third-order valence-corrected chi connectivity index (χ3v) is 5.37. The van der Waals surface area contributed by atoms with Crippen molar-refractivity contribution >= 4 is 29.2 Å². The van der Waals surface area contributed by atoms with Crippen LogP contribution in [0.3, 0.4) is 0 Å². The number of rotatable bonds is 5. The van der Waals surface area contributed by atoms with Gasteiger partial charge >= 0.3 is 5.97 Å². The molecule has 6 heteroatoms. The molecule has 1 aliphatic heterocycles. The highest BCUT2D eigenvalue weighted by molar-refractivity contribution is 6.30. The zero-order chi connectivity index (χ0) is 20.1. The van der Waals surface area contributed by atoms with Crippen molar-refractivity contribution < 1.29 is 14.3 Å². The van der Waals surface area contributed by atoms with E-state index >= 15 is 0 Å². The van der Waals surface area contributed by atoms with Crippen molar-refractivity contribution in [1.82, 2.24) is 4.90 Å². The summed E-state index contributed by atoms with van der Waals surface area (Å²) in [5.41, 5.74) is 1.12. The van der Waals surface area contributed by atoms with Gasteiger partial charge in [-0.2, -0.15) is 0 Å². The van der Waals surface area contributed by atoms with Gasteiger partial charge in [-0.25, -0.2) is 0 Å². The first kappa shape index (κ1) is 20.2. The quantitative estimate of drug-likeness (QED) is 0.721. The molecule has 0 spiro atoms. The van der Waals surface area contributed by atoms with Gasteiger partial charge in [0.1, 0.15) is 0 Å². The number of carbonyl (C=O) groups excluding carboxylic acids is 2. The Kier molecular flexibility index (Phi) is 6.25. The fourth-order valence-corrected chi connectivity index (χ4v) is 3.44. The molecule has 148 valence electrons. The third-order valence-electron chi connectivity index (χ3n) is 5.14. The van der Waals surface area contributed by atoms with Gasteiger partial charge in [0.25, 0.3) is 5.91 Å². The summed E-state index contributed by atoms with van der Waals surface area (Å²) in [6.45, 7) is 5.99. The van der Waals surface area contributed by atoms with E-state index < -0.39 is 11.4 Å². The second kappa shape index (κ2) is 8.65. The zero-order valence-electron chi connectivity index (χ0n) is 16.2. The van der Waals surface area contributed by atoms with Crippen LogP contribution in [0.1, 0.15) is 19.4 Å². The topological polar surface area (TPSA) is 49.9 Å². The Balaban J connectivity index is 1.50. The molecule has 3 rings (SSSR count). The number of halogens is 1. The summed E-state index contributed by atoms with van der Waals surface area (Å²) in [5, 5.41) is 0.698. The molecule has 0 aliphatic carbocycles. The highest BCUT2D eigenvalue weighted by Gasteiger charge is 2.32. The Morgan fingerprint density at radius 2 is 1.68 bits per heavy atom. The van der Waals surface area contributed by atoms with Crippen molar-refractivity contribution in [2.45, 2.75) is 19.3 Å². The van der Waals surface area contributed by atoms with Crippen LogP contribution in [0.4, 0.5) is 5.69 Å². The lowest BCUT2D eigenvalue weighted by atomic mass is 9.85. The monoisotopic (exact) mass is 400 g/mol. The van der Waals surface area contributed by atoms with Crippen LogP contribution in [0.15, 0.2) is 54.6 Å². The lowest BCUT2D eigenvalue weighted by Crippen LogP contribution is -2.50. The van der Waals surface area contributed by atoms with Crippen LogP contribution in [-0.4, -0.2) is 49.6 Å². The minimum absolute atomic E-state index is 0.164. The molecule has 2 aromatic carbocycles. The van der Waals surface area contributed by atoms with E-state index in [1.165, 1.54) is 0 Å². The molecule has 2 aromatic rings. The van der Waals surface area contributed by atoms with E-state index in [2.05, 4.69) is 4.90 Å². The normalized spacial score (nSPS) is 14.7. The summed E-state index contributed by atoms with van der Waals surface area (Å²) < 4.78 is 5.34. The Hall–Kier alpha value is -2.53. The fraction of sp³-hybridized carbons (Fsp3) is 0.364. The lowest BCUT2D eigenvalue weighted by molar-refractivity contribution is -0.156. The number of benzene rings is 2. The van der Waals surface area contributed by atoms with Gasteiger partial charge in [0.15, 0.2) is 6.61 Å². The van der Waals surface area contributed by atoms with Crippen LogP contribution < -0.4 is 4.90 Å². The molecule has 0 radical (unpaired) electrons.